The number of fused-ring (bicyclic) bond motifs is 3. The zero-order valence-corrected chi connectivity index (χ0v) is 18.6. The summed E-state index contributed by atoms with van der Waals surface area (Å²) < 4.78 is 5.87. The Hall–Kier alpha value is -4.13. The van der Waals surface area contributed by atoms with Crippen LogP contribution in [0.3, 0.4) is 0 Å². The Bertz CT molecular complexity index is 1280. The molecule has 0 saturated heterocycles. The van der Waals surface area contributed by atoms with Crippen LogP contribution in [0.5, 0.6) is 5.75 Å². The number of ether oxygens (including phenoxy) is 1. The van der Waals surface area contributed by atoms with Crippen molar-refractivity contribution >= 4 is 17.3 Å². The minimum absolute atomic E-state index is 0.0546. The molecule has 3 aromatic rings. The van der Waals surface area contributed by atoms with Crippen molar-refractivity contribution in [3.8, 4) is 5.75 Å². The van der Waals surface area contributed by atoms with Gasteiger partial charge in [-0.3, -0.25) is 10.1 Å². The first-order valence-corrected chi connectivity index (χ1v) is 11.2. The fourth-order valence-corrected chi connectivity index (χ4v) is 5.03. The third-order valence-electron chi connectivity index (χ3n) is 6.82. The van der Waals surface area contributed by atoms with Gasteiger partial charge in [0.05, 0.1) is 16.5 Å². The van der Waals surface area contributed by atoms with E-state index in [1.54, 1.807) is 18.2 Å². The molecule has 0 aromatic heterocycles. The van der Waals surface area contributed by atoms with Crippen LogP contribution in [0.25, 0.3) is 0 Å². The van der Waals surface area contributed by atoms with Crippen molar-refractivity contribution < 1.29 is 19.6 Å². The maximum absolute atomic E-state index is 11.6. The van der Waals surface area contributed by atoms with Gasteiger partial charge in [-0.25, -0.2) is 4.79 Å². The number of carboxylic acid groups (broad SMARTS) is 1. The molecule has 0 saturated carbocycles. The predicted molar refractivity (Wildman–Crippen MR) is 128 cm³/mol. The molecule has 0 radical (unpaired) electrons. The summed E-state index contributed by atoms with van der Waals surface area (Å²) in [5.41, 5.74) is 5.17. The number of rotatable bonds is 6. The molecule has 0 bridgehead atoms. The molecule has 3 aromatic carbocycles. The number of carboxylic acids is 1. The van der Waals surface area contributed by atoms with Crippen LogP contribution >= 0.6 is 0 Å². The Morgan fingerprint density at radius 3 is 2.53 bits per heavy atom. The van der Waals surface area contributed by atoms with Crippen molar-refractivity contribution in [2.75, 3.05) is 5.32 Å². The molecule has 1 aliphatic heterocycles. The van der Waals surface area contributed by atoms with Gasteiger partial charge in [-0.15, -0.1) is 0 Å². The van der Waals surface area contributed by atoms with Crippen LogP contribution in [0, 0.1) is 23.0 Å². The van der Waals surface area contributed by atoms with Gasteiger partial charge in [0.25, 0.3) is 5.69 Å². The Balaban J connectivity index is 1.34. The van der Waals surface area contributed by atoms with Gasteiger partial charge in [-0.05, 0) is 71.8 Å². The van der Waals surface area contributed by atoms with Crippen LogP contribution in [-0.4, -0.2) is 16.0 Å². The standard InChI is InChI=1S/C27H24N2O5/c1-16-21(27(30)31)13-14-24-22-3-2-4-23(22)26(28-25(16)24)18-7-11-20(12-8-18)34-15-17-5-9-19(10-6-17)29(32)33/h2-3,5-14,22-23,26,28H,4,15H2,1H3,(H,30,31)/t22-,23+,26+/m1/s1. The molecule has 0 fully saturated rings. The van der Waals surface area contributed by atoms with Gasteiger partial charge in [0.2, 0.25) is 0 Å². The number of nitrogens with one attached hydrogen (secondary N) is 1. The number of aromatic carboxylic acids is 1. The Labute approximate surface area is 196 Å². The van der Waals surface area contributed by atoms with E-state index >= 15 is 0 Å². The van der Waals surface area contributed by atoms with E-state index in [1.165, 1.54) is 12.1 Å². The quantitative estimate of drug-likeness (QED) is 0.268. The monoisotopic (exact) mass is 456 g/mol. The number of carbonyl (C=O) groups is 1. The van der Waals surface area contributed by atoms with Crippen LogP contribution in [0.2, 0.25) is 0 Å². The fourth-order valence-electron chi connectivity index (χ4n) is 5.03. The van der Waals surface area contributed by atoms with Crippen molar-refractivity contribution in [2.24, 2.45) is 5.92 Å². The molecule has 7 heteroatoms. The number of allylic oxidation sites excluding steroid dienone is 2. The first-order chi connectivity index (χ1) is 16.4. The van der Waals surface area contributed by atoms with Crippen LogP contribution in [0.4, 0.5) is 11.4 Å². The molecule has 1 aliphatic carbocycles. The van der Waals surface area contributed by atoms with Gasteiger partial charge >= 0.3 is 5.97 Å². The minimum atomic E-state index is -0.919. The molecule has 7 nitrogen and oxygen atoms in total. The second-order valence-corrected chi connectivity index (χ2v) is 8.76. The van der Waals surface area contributed by atoms with Crippen molar-refractivity contribution in [3.05, 3.63) is 111 Å². The minimum Gasteiger partial charge on any atom is -0.489 e. The van der Waals surface area contributed by atoms with Gasteiger partial charge in [0, 0.05) is 23.7 Å². The highest BCUT2D eigenvalue weighted by molar-refractivity contribution is 5.92. The van der Waals surface area contributed by atoms with Crippen molar-refractivity contribution in [3.63, 3.8) is 0 Å². The largest absolute Gasteiger partial charge is 0.489 e. The van der Waals surface area contributed by atoms with Crippen molar-refractivity contribution in [1.82, 2.24) is 0 Å². The second-order valence-electron chi connectivity index (χ2n) is 8.76. The zero-order chi connectivity index (χ0) is 23.8. The van der Waals surface area contributed by atoms with Crippen molar-refractivity contribution in [1.29, 1.82) is 0 Å². The lowest BCUT2D eigenvalue weighted by Gasteiger charge is -2.38. The fraction of sp³-hybridized carbons (Fsp3) is 0.222. The third kappa shape index (κ3) is 3.90. The molecule has 172 valence electrons. The van der Waals surface area contributed by atoms with Crippen LogP contribution < -0.4 is 10.1 Å². The number of nitro groups is 1. The second kappa shape index (κ2) is 8.67. The summed E-state index contributed by atoms with van der Waals surface area (Å²) in [6.45, 7) is 2.18. The summed E-state index contributed by atoms with van der Waals surface area (Å²) in [6, 6.07) is 18.0. The van der Waals surface area contributed by atoms with E-state index in [9.17, 15) is 20.0 Å². The zero-order valence-electron chi connectivity index (χ0n) is 18.6. The number of hydrogen-bond donors (Lipinski definition) is 2. The van der Waals surface area contributed by atoms with Crippen LogP contribution in [0.15, 0.2) is 72.8 Å². The summed E-state index contributed by atoms with van der Waals surface area (Å²) in [5.74, 6) is 0.399. The van der Waals surface area contributed by atoms with Gasteiger partial charge < -0.3 is 15.2 Å². The summed E-state index contributed by atoms with van der Waals surface area (Å²) >= 11 is 0. The van der Waals surface area contributed by atoms with Gasteiger partial charge in [-0.1, -0.05) is 30.4 Å². The SMILES string of the molecule is Cc1c(C(=O)O)ccc2c1N[C@@H](c1ccc(OCc3ccc([N+](=O)[O-])cc3)cc1)[C@H]1CC=C[C@@H]21. The first kappa shape index (κ1) is 21.7. The van der Waals surface area contributed by atoms with E-state index in [0.717, 1.165) is 34.4 Å². The molecule has 0 spiro atoms. The molecular weight excluding hydrogens is 432 g/mol. The average Bonchev–Trinajstić information content (AvgIpc) is 3.33. The van der Waals surface area contributed by atoms with Crippen molar-refractivity contribution in [2.45, 2.75) is 31.9 Å². The Morgan fingerprint density at radius 1 is 1.12 bits per heavy atom. The average molecular weight is 456 g/mol. The van der Waals surface area contributed by atoms with E-state index in [1.807, 2.05) is 37.3 Å². The van der Waals surface area contributed by atoms with E-state index in [0.29, 0.717) is 23.8 Å². The molecule has 0 amide bonds. The van der Waals surface area contributed by atoms with Gasteiger partial charge in [0.1, 0.15) is 12.4 Å². The van der Waals surface area contributed by atoms with E-state index in [2.05, 4.69) is 17.5 Å². The number of benzene rings is 3. The van der Waals surface area contributed by atoms with E-state index < -0.39 is 10.9 Å². The molecule has 2 N–H and O–H groups in total. The Morgan fingerprint density at radius 2 is 1.85 bits per heavy atom. The highest BCUT2D eigenvalue weighted by atomic mass is 16.6. The number of nitro benzene ring substituents is 1. The lowest BCUT2D eigenvalue weighted by molar-refractivity contribution is -0.384. The lowest BCUT2D eigenvalue weighted by Crippen LogP contribution is -2.30. The highest BCUT2D eigenvalue weighted by Crippen LogP contribution is 2.51. The molecule has 5 rings (SSSR count). The number of non-ortho nitro benzene ring substituents is 1. The summed E-state index contributed by atoms with van der Waals surface area (Å²) in [4.78, 5) is 22.0. The highest BCUT2D eigenvalue weighted by Gasteiger charge is 2.39. The predicted octanol–water partition coefficient (Wildman–Crippen LogP) is 6.01. The molecule has 34 heavy (non-hydrogen) atoms. The number of anilines is 1. The summed E-state index contributed by atoms with van der Waals surface area (Å²) in [7, 11) is 0. The molecule has 2 aliphatic rings. The first-order valence-electron chi connectivity index (χ1n) is 11.2. The van der Waals surface area contributed by atoms with Crippen LogP contribution in [0.1, 0.15) is 51.0 Å². The van der Waals surface area contributed by atoms with E-state index in [-0.39, 0.29) is 17.6 Å². The number of nitrogens with zero attached hydrogens (tertiary/aromatic N) is 1. The lowest BCUT2D eigenvalue weighted by atomic mass is 9.76. The topological polar surface area (TPSA) is 102 Å². The third-order valence-corrected chi connectivity index (χ3v) is 6.82. The van der Waals surface area contributed by atoms with E-state index in [4.69, 9.17) is 4.74 Å². The maximum atomic E-state index is 11.6. The number of hydrogen-bond acceptors (Lipinski definition) is 5. The maximum Gasteiger partial charge on any atom is 0.336 e. The smallest absolute Gasteiger partial charge is 0.336 e. The molecule has 3 atom stereocenters. The molecular formula is C27H24N2O5. The normalized spacial score (nSPS) is 20.2. The Kier molecular flexibility index (Phi) is 5.53. The van der Waals surface area contributed by atoms with Gasteiger partial charge in [-0.2, -0.15) is 0 Å². The summed E-state index contributed by atoms with van der Waals surface area (Å²) in [5, 5.41) is 24.0. The van der Waals surface area contributed by atoms with Gasteiger partial charge in [0.15, 0.2) is 0 Å². The molecule has 0 unspecified atom stereocenters. The summed E-state index contributed by atoms with van der Waals surface area (Å²) in [6.07, 6.45) is 5.40. The molecule has 1 heterocycles. The van der Waals surface area contributed by atoms with Crippen LogP contribution in [-0.2, 0) is 6.61 Å².